The van der Waals surface area contributed by atoms with Crippen LogP contribution in [-0.4, -0.2) is 59.7 Å². The summed E-state index contributed by atoms with van der Waals surface area (Å²) in [5, 5.41) is 2.61. The lowest BCUT2D eigenvalue weighted by Crippen LogP contribution is -2.54. The van der Waals surface area contributed by atoms with Gasteiger partial charge < -0.3 is 15.0 Å². The summed E-state index contributed by atoms with van der Waals surface area (Å²) in [6.07, 6.45) is -1.72. The number of anilines is 1. The summed E-state index contributed by atoms with van der Waals surface area (Å²) in [6.45, 7) is 5.83. The molecule has 0 saturated carbocycles. The molecule has 0 spiro atoms. The first kappa shape index (κ1) is 23.0. The fourth-order valence-electron chi connectivity index (χ4n) is 3.56. The standard InChI is InChI=1S/C20H28F3N3O3/c1-13-6-5-7-14(2)26(13)19(28)15(3)25(4)12-18(27)24-16-8-10-17(11-9-16)29-20(21,22)23/h8-11,13-15H,5-7,12H2,1-4H3,(H,24,27)/t13-,14-,15-/m1/s1. The van der Waals surface area contributed by atoms with Crippen molar-refractivity contribution in [2.24, 2.45) is 0 Å². The Labute approximate surface area is 169 Å². The number of hydrogen-bond donors (Lipinski definition) is 1. The number of nitrogens with zero attached hydrogens (tertiary/aromatic N) is 2. The van der Waals surface area contributed by atoms with Crippen molar-refractivity contribution in [3.05, 3.63) is 24.3 Å². The molecule has 0 aliphatic carbocycles. The second-order valence-corrected chi connectivity index (χ2v) is 7.59. The number of amides is 2. The molecule has 9 heteroatoms. The molecule has 1 heterocycles. The van der Waals surface area contributed by atoms with Crippen LogP contribution in [0.1, 0.15) is 40.0 Å². The second-order valence-electron chi connectivity index (χ2n) is 7.59. The Morgan fingerprint density at radius 1 is 1.21 bits per heavy atom. The summed E-state index contributed by atoms with van der Waals surface area (Å²) in [6, 6.07) is 4.78. The highest BCUT2D eigenvalue weighted by molar-refractivity contribution is 5.93. The molecular weight excluding hydrogens is 387 g/mol. The van der Waals surface area contributed by atoms with E-state index in [-0.39, 0.29) is 36.2 Å². The molecule has 3 atom stereocenters. The molecule has 2 rings (SSSR count). The van der Waals surface area contributed by atoms with Crippen LogP contribution in [0.5, 0.6) is 5.75 Å². The maximum absolute atomic E-state index is 12.9. The smallest absolute Gasteiger partial charge is 0.406 e. The monoisotopic (exact) mass is 415 g/mol. The van der Waals surface area contributed by atoms with Crippen LogP contribution < -0.4 is 10.1 Å². The molecule has 0 aromatic heterocycles. The fraction of sp³-hybridized carbons (Fsp3) is 0.600. The van der Waals surface area contributed by atoms with Gasteiger partial charge in [-0.05, 0) is 71.3 Å². The summed E-state index contributed by atoms with van der Waals surface area (Å²) in [5.74, 6) is -0.735. The molecule has 1 saturated heterocycles. The van der Waals surface area contributed by atoms with Crippen molar-refractivity contribution in [3.63, 3.8) is 0 Å². The minimum atomic E-state index is -4.76. The average Bonchev–Trinajstić information content (AvgIpc) is 2.61. The van der Waals surface area contributed by atoms with Crippen LogP contribution in [0.25, 0.3) is 0 Å². The minimum absolute atomic E-state index is 0.00588. The largest absolute Gasteiger partial charge is 0.573 e. The zero-order chi connectivity index (χ0) is 21.8. The summed E-state index contributed by atoms with van der Waals surface area (Å²) < 4.78 is 40.4. The van der Waals surface area contributed by atoms with Crippen molar-refractivity contribution in [2.75, 3.05) is 18.9 Å². The topological polar surface area (TPSA) is 61.9 Å². The molecular formula is C20H28F3N3O3. The highest BCUT2D eigenvalue weighted by Crippen LogP contribution is 2.25. The van der Waals surface area contributed by atoms with Gasteiger partial charge in [0, 0.05) is 17.8 Å². The van der Waals surface area contributed by atoms with Crippen LogP contribution in [0.2, 0.25) is 0 Å². The molecule has 162 valence electrons. The number of rotatable bonds is 6. The second kappa shape index (κ2) is 9.47. The van der Waals surface area contributed by atoms with E-state index in [4.69, 9.17) is 0 Å². The van der Waals surface area contributed by atoms with Crippen molar-refractivity contribution >= 4 is 17.5 Å². The summed E-state index contributed by atoms with van der Waals surface area (Å²) >= 11 is 0. The summed E-state index contributed by atoms with van der Waals surface area (Å²) in [7, 11) is 1.70. The van der Waals surface area contributed by atoms with Gasteiger partial charge in [0.05, 0.1) is 12.6 Å². The first-order valence-electron chi connectivity index (χ1n) is 9.66. The van der Waals surface area contributed by atoms with E-state index in [2.05, 4.69) is 10.1 Å². The third-order valence-corrected chi connectivity index (χ3v) is 5.23. The molecule has 0 radical (unpaired) electrons. The third kappa shape index (κ3) is 6.62. The van der Waals surface area contributed by atoms with Gasteiger partial charge in [0.2, 0.25) is 11.8 Å². The molecule has 1 aliphatic heterocycles. The molecule has 29 heavy (non-hydrogen) atoms. The van der Waals surface area contributed by atoms with Gasteiger partial charge in [0.1, 0.15) is 5.75 Å². The Morgan fingerprint density at radius 3 is 2.28 bits per heavy atom. The van der Waals surface area contributed by atoms with Gasteiger partial charge in [-0.1, -0.05) is 0 Å². The summed E-state index contributed by atoms with van der Waals surface area (Å²) in [5.41, 5.74) is 0.343. The van der Waals surface area contributed by atoms with Crippen LogP contribution in [0.15, 0.2) is 24.3 Å². The van der Waals surface area contributed by atoms with Crippen molar-refractivity contribution in [2.45, 2.75) is 64.5 Å². The number of piperidine rings is 1. The molecule has 6 nitrogen and oxygen atoms in total. The third-order valence-electron chi connectivity index (χ3n) is 5.23. The predicted molar refractivity (Wildman–Crippen MR) is 103 cm³/mol. The summed E-state index contributed by atoms with van der Waals surface area (Å²) in [4.78, 5) is 28.7. The number of ether oxygens (including phenoxy) is 1. The van der Waals surface area contributed by atoms with Crippen molar-refractivity contribution in [1.82, 2.24) is 9.80 Å². The van der Waals surface area contributed by atoms with Gasteiger partial charge >= 0.3 is 6.36 Å². The van der Waals surface area contributed by atoms with Crippen molar-refractivity contribution < 1.29 is 27.5 Å². The lowest BCUT2D eigenvalue weighted by Gasteiger charge is -2.41. The van der Waals surface area contributed by atoms with Crippen LogP contribution in [-0.2, 0) is 9.59 Å². The average molecular weight is 415 g/mol. The van der Waals surface area contributed by atoms with E-state index in [1.807, 2.05) is 18.7 Å². The zero-order valence-corrected chi connectivity index (χ0v) is 17.1. The highest BCUT2D eigenvalue weighted by Gasteiger charge is 2.33. The van der Waals surface area contributed by atoms with Crippen molar-refractivity contribution in [3.8, 4) is 5.75 Å². The van der Waals surface area contributed by atoms with Gasteiger partial charge in [-0.25, -0.2) is 0 Å². The van der Waals surface area contributed by atoms with Gasteiger partial charge in [0.15, 0.2) is 0 Å². The number of likely N-dealkylation sites (tertiary alicyclic amines) is 1. The number of carbonyl (C=O) groups excluding carboxylic acids is 2. The van der Waals surface area contributed by atoms with E-state index in [0.717, 1.165) is 31.4 Å². The number of likely N-dealkylation sites (N-methyl/N-ethyl adjacent to an activating group) is 1. The molecule has 0 bridgehead atoms. The number of benzene rings is 1. The zero-order valence-electron chi connectivity index (χ0n) is 17.1. The van der Waals surface area contributed by atoms with Gasteiger partial charge in [-0.15, -0.1) is 13.2 Å². The van der Waals surface area contributed by atoms with E-state index < -0.39 is 12.4 Å². The van der Waals surface area contributed by atoms with E-state index in [9.17, 15) is 22.8 Å². The van der Waals surface area contributed by atoms with E-state index in [1.165, 1.54) is 12.1 Å². The number of carbonyl (C=O) groups is 2. The molecule has 1 aromatic carbocycles. The Bertz CT molecular complexity index is 699. The van der Waals surface area contributed by atoms with Gasteiger partial charge in [-0.2, -0.15) is 0 Å². The molecule has 0 unspecified atom stereocenters. The molecule has 1 aromatic rings. The van der Waals surface area contributed by atoms with Crippen LogP contribution in [0, 0.1) is 0 Å². The van der Waals surface area contributed by atoms with Gasteiger partial charge in [-0.3, -0.25) is 14.5 Å². The molecule has 2 amide bonds. The fourth-order valence-corrected chi connectivity index (χ4v) is 3.56. The number of hydrogen-bond acceptors (Lipinski definition) is 4. The minimum Gasteiger partial charge on any atom is -0.406 e. The predicted octanol–water partition coefficient (Wildman–Crippen LogP) is 3.63. The Hall–Kier alpha value is -2.29. The normalized spacial score (nSPS) is 21.0. The highest BCUT2D eigenvalue weighted by atomic mass is 19.4. The van der Waals surface area contributed by atoms with E-state index in [0.29, 0.717) is 5.69 Å². The molecule has 1 aliphatic rings. The Balaban J connectivity index is 1.90. The van der Waals surface area contributed by atoms with Crippen LogP contribution in [0.4, 0.5) is 18.9 Å². The molecule has 1 fully saturated rings. The maximum Gasteiger partial charge on any atom is 0.573 e. The quantitative estimate of drug-likeness (QED) is 0.771. The van der Waals surface area contributed by atoms with Crippen LogP contribution >= 0.6 is 0 Å². The van der Waals surface area contributed by atoms with E-state index in [1.54, 1.807) is 18.9 Å². The Kier molecular flexibility index (Phi) is 7.51. The first-order valence-corrected chi connectivity index (χ1v) is 9.66. The number of alkyl halides is 3. The van der Waals surface area contributed by atoms with E-state index >= 15 is 0 Å². The Morgan fingerprint density at radius 2 is 1.76 bits per heavy atom. The lowest BCUT2D eigenvalue weighted by atomic mass is 9.96. The first-order chi connectivity index (χ1) is 13.5. The van der Waals surface area contributed by atoms with Gasteiger partial charge in [0.25, 0.3) is 0 Å². The van der Waals surface area contributed by atoms with Crippen LogP contribution in [0.3, 0.4) is 0 Å². The number of halogens is 3. The van der Waals surface area contributed by atoms with Crippen molar-refractivity contribution in [1.29, 1.82) is 0 Å². The maximum atomic E-state index is 12.9. The SMILES string of the molecule is C[C@H](C(=O)N1[C@H](C)CCC[C@H]1C)N(C)CC(=O)Nc1ccc(OC(F)(F)F)cc1. The molecule has 1 N–H and O–H groups in total. The lowest BCUT2D eigenvalue weighted by molar-refractivity contribution is -0.274. The number of nitrogens with one attached hydrogen (secondary N) is 1.